The van der Waals surface area contributed by atoms with Crippen molar-refractivity contribution in [2.75, 3.05) is 27.2 Å². The van der Waals surface area contributed by atoms with Crippen molar-refractivity contribution in [1.82, 2.24) is 9.96 Å². The number of hydroxylamine groups is 2. The van der Waals surface area contributed by atoms with Crippen molar-refractivity contribution in [3.63, 3.8) is 0 Å². The molecule has 2 amide bonds. The maximum absolute atomic E-state index is 13.2. The van der Waals surface area contributed by atoms with Crippen LogP contribution < -0.4 is 0 Å². The number of halogens is 1. The lowest BCUT2D eigenvalue weighted by Gasteiger charge is -2.42. The first kappa shape index (κ1) is 18.4. The third-order valence-electron chi connectivity index (χ3n) is 3.68. The molecule has 6 nitrogen and oxygen atoms in total. The summed E-state index contributed by atoms with van der Waals surface area (Å²) in [5.41, 5.74) is -1.45. The number of hydrogen-bond donors (Lipinski definition) is 0. The van der Waals surface area contributed by atoms with E-state index in [9.17, 15) is 14.0 Å². The number of ether oxygens (including phenoxy) is 1. The zero-order chi connectivity index (χ0) is 17.1. The standard InChI is InChI=1S/C15H25FN2O4/c1-14(2,3)22-13(20)18-8-7-11(9-16)15(4,10-18)12(19)17(5)21-6/h9H,7-8,10H2,1-6H3. The first-order valence-corrected chi connectivity index (χ1v) is 7.15. The summed E-state index contributed by atoms with van der Waals surface area (Å²) in [7, 11) is 2.81. The molecular weight excluding hydrogens is 291 g/mol. The fraction of sp³-hybridized carbons (Fsp3) is 0.733. The van der Waals surface area contributed by atoms with Gasteiger partial charge >= 0.3 is 6.09 Å². The van der Waals surface area contributed by atoms with Crippen LogP contribution in [-0.2, 0) is 14.4 Å². The molecule has 0 aromatic heterocycles. The summed E-state index contributed by atoms with van der Waals surface area (Å²) in [5, 5.41) is 1.04. The maximum Gasteiger partial charge on any atom is 0.410 e. The van der Waals surface area contributed by atoms with Crippen molar-refractivity contribution in [2.24, 2.45) is 5.41 Å². The van der Waals surface area contributed by atoms with Crippen LogP contribution in [0.1, 0.15) is 34.1 Å². The number of nitrogens with zero attached hydrogens (tertiary/aromatic N) is 2. The number of carbonyl (C=O) groups is 2. The molecule has 1 atom stereocenters. The minimum absolute atomic E-state index is 0.0458. The number of piperidine rings is 1. The van der Waals surface area contributed by atoms with Crippen molar-refractivity contribution in [1.29, 1.82) is 0 Å². The summed E-state index contributed by atoms with van der Waals surface area (Å²) < 4.78 is 18.5. The molecule has 1 unspecified atom stereocenters. The lowest BCUT2D eigenvalue weighted by atomic mass is 9.77. The van der Waals surface area contributed by atoms with Crippen LogP contribution in [0.2, 0.25) is 0 Å². The molecule has 126 valence electrons. The van der Waals surface area contributed by atoms with Gasteiger partial charge in [0, 0.05) is 20.1 Å². The van der Waals surface area contributed by atoms with Gasteiger partial charge in [-0.1, -0.05) is 0 Å². The van der Waals surface area contributed by atoms with Gasteiger partial charge < -0.3 is 9.64 Å². The Hall–Kier alpha value is -1.63. The molecule has 0 bridgehead atoms. The summed E-state index contributed by atoms with van der Waals surface area (Å²) in [6.45, 7) is 7.27. The summed E-state index contributed by atoms with van der Waals surface area (Å²) in [5.74, 6) is -0.410. The van der Waals surface area contributed by atoms with Crippen LogP contribution in [0.15, 0.2) is 11.9 Å². The molecule has 0 radical (unpaired) electrons. The smallest absolute Gasteiger partial charge is 0.410 e. The van der Waals surface area contributed by atoms with Crippen LogP contribution in [0.3, 0.4) is 0 Å². The number of amides is 2. The van der Waals surface area contributed by atoms with E-state index in [-0.39, 0.29) is 13.0 Å². The summed E-state index contributed by atoms with van der Waals surface area (Å²) in [6, 6.07) is 0. The Balaban J connectivity index is 2.99. The van der Waals surface area contributed by atoms with Crippen LogP contribution in [0.5, 0.6) is 0 Å². The highest BCUT2D eigenvalue weighted by molar-refractivity contribution is 5.86. The number of hydrogen-bond acceptors (Lipinski definition) is 4. The zero-order valence-corrected chi connectivity index (χ0v) is 14.1. The summed E-state index contributed by atoms with van der Waals surface area (Å²) in [6.07, 6.45) is 0.216. The fourth-order valence-corrected chi connectivity index (χ4v) is 2.39. The van der Waals surface area contributed by atoms with E-state index >= 15 is 0 Å². The van der Waals surface area contributed by atoms with E-state index in [2.05, 4.69) is 0 Å². The highest BCUT2D eigenvalue weighted by Crippen LogP contribution is 2.37. The molecule has 0 N–H and O–H groups in total. The summed E-state index contributed by atoms with van der Waals surface area (Å²) >= 11 is 0. The van der Waals surface area contributed by atoms with Crippen molar-refractivity contribution >= 4 is 12.0 Å². The van der Waals surface area contributed by atoms with Gasteiger partial charge in [0.1, 0.15) is 5.60 Å². The molecule has 1 heterocycles. The Morgan fingerprint density at radius 2 is 2.00 bits per heavy atom. The maximum atomic E-state index is 13.2. The Kier molecular flexibility index (Phi) is 5.56. The number of likely N-dealkylation sites (tertiary alicyclic amines) is 1. The van der Waals surface area contributed by atoms with Crippen LogP contribution in [0, 0.1) is 5.41 Å². The second-order valence-corrected chi connectivity index (χ2v) is 6.60. The van der Waals surface area contributed by atoms with Crippen molar-refractivity contribution in [3.8, 4) is 0 Å². The number of rotatable bonds is 2. The van der Waals surface area contributed by atoms with Crippen LogP contribution in [-0.4, -0.2) is 54.8 Å². The average Bonchev–Trinajstić information content (AvgIpc) is 2.43. The van der Waals surface area contributed by atoms with E-state index in [0.29, 0.717) is 18.4 Å². The molecule has 1 aliphatic heterocycles. The van der Waals surface area contributed by atoms with E-state index < -0.39 is 23.0 Å². The SMILES string of the molecule is CON(C)C(=O)C1(C)CN(C(=O)OC(C)(C)C)CCC1=CF. The fourth-order valence-electron chi connectivity index (χ4n) is 2.39. The largest absolute Gasteiger partial charge is 0.444 e. The predicted octanol–water partition coefficient (Wildman–Crippen LogP) is 2.51. The van der Waals surface area contributed by atoms with Gasteiger partial charge in [-0.3, -0.25) is 9.63 Å². The van der Waals surface area contributed by atoms with Gasteiger partial charge in [0.25, 0.3) is 5.91 Å². The molecule has 22 heavy (non-hydrogen) atoms. The highest BCUT2D eigenvalue weighted by Gasteiger charge is 2.45. The molecule has 7 heteroatoms. The lowest BCUT2D eigenvalue weighted by molar-refractivity contribution is -0.179. The molecule has 0 saturated carbocycles. The molecule has 0 aliphatic carbocycles. The van der Waals surface area contributed by atoms with E-state index in [1.54, 1.807) is 27.7 Å². The topological polar surface area (TPSA) is 59.1 Å². The zero-order valence-electron chi connectivity index (χ0n) is 14.1. The molecule has 1 aliphatic rings. The Morgan fingerprint density at radius 3 is 2.45 bits per heavy atom. The van der Waals surface area contributed by atoms with Gasteiger partial charge in [-0.2, -0.15) is 0 Å². The quantitative estimate of drug-likeness (QED) is 0.735. The molecule has 0 aromatic rings. The average molecular weight is 316 g/mol. The molecule has 1 fully saturated rings. The van der Waals surface area contributed by atoms with Gasteiger partial charge in [0.2, 0.25) is 0 Å². The molecule has 1 rings (SSSR count). The first-order valence-electron chi connectivity index (χ1n) is 7.15. The van der Waals surface area contributed by atoms with Crippen molar-refractivity contribution in [3.05, 3.63) is 11.9 Å². The first-order chi connectivity index (χ1) is 10.0. The second kappa shape index (κ2) is 6.64. The van der Waals surface area contributed by atoms with Gasteiger partial charge in [-0.15, -0.1) is 0 Å². The monoisotopic (exact) mass is 316 g/mol. The predicted molar refractivity (Wildman–Crippen MR) is 79.5 cm³/mol. The Labute approximate surface area is 130 Å². The minimum atomic E-state index is -1.17. The lowest BCUT2D eigenvalue weighted by Crippen LogP contribution is -2.54. The van der Waals surface area contributed by atoms with Gasteiger partial charge in [0.05, 0.1) is 18.9 Å². The molecule has 0 spiro atoms. The number of carbonyl (C=O) groups excluding carboxylic acids is 2. The third kappa shape index (κ3) is 3.97. The minimum Gasteiger partial charge on any atom is -0.444 e. The van der Waals surface area contributed by atoms with E-state index in [1.165, 1.54) is 19.1 Å². The van der Waals surface area contributed by atoms with Crippen LogP contribution in [0.4, 0.5) is 9.18 Å². The molecular formula is C15H25FN2O4. The van der Waals surface area contributed by atoms with Crippen LogP contribution in [0.25, 0.3) is 0 Å². The van der Waals surface area contributed by atoms with E-state index in [4.69, 9.17) is 9.57 Å². The molecule has 0 aromatic carbocycles. The normalized spacial score (nSPS) is 24.3. The Bertz CT molecular complexity index is 473. The van der Waals surface area contributed by atoms with Crippen molar-refractivity contribution < 1.29 is 23.6 Å². The van der Waals surface area contributed by atoms with Crippen molar-refractivity contribution in [2.45, 2.75) is 39.7 Å². The second-order valence-electron chi connectivity index (χ2n) is 6.60. The van der Waals surface area contributed by atoms with E-state index in [0.717, 1.165) is 5.06 Å². The van der Waals surface area contributed by atoms with Gasteiger partial charge in [-0.25, -0.2) is 14.2 Å². The van der Waals surface area contributed by atoms with Crippen LogP contribution >= 0.6 is 0 Å². The van der Waals surface area contributed by atoms with Gasteiger partial charge in [-0.05, 0) is 39.7 Å². The molecule has 1 saturated heterocycles. The Morgan fingerprint density at radius 1 is 1.41 bits per heavy atom. The summed E-state index contributed by atoms with van der Waals surface area (Å²) in [4.78, 5) is 31.0. The third-order valence-corrected chi connectivity index (χ3v) is 3.68. The van der Waals surface area contributed by atoms with E-state index in [1.807, 2.05) is 0 Å². The van der Waals surface area contributed by atoms with Gasteiger partial charge in [0.15, 0.2) is 0 Å². The highest BCUT2D eigenvalue weighted by atomic mass is 19.1.